The van der Waals surface area contributed by atoms with E-state index < -0.39 is 16.8 Å². The predicted molar refractivity (Wildman–Crippen MR) is 73.7 cm³/mol. The van der Waals surface area contributed by atoms with E-state index in [1.165, 1.54) is 24.5 Å². The molecular weight excluding hydrogens is 260 g/mol. The number of non-ortho nitro benzene ring substituents is 1. The van der Waals surface area contributed by atoms with Gasteiger partial charge in [0.15, 0.2) is 0 Å². The molecule has 1 atom stereocenters. The van der Waals surface area contributed by atoms with Crippen molar-refractivity contribution in [2.75, 3.05) is 0 Å². The van der Waals surface area contributed by atoms with Gasteiger partial charge in [-0.25, -0.2) is 0 Å². The van der Waals surface area contributed by atoms with Crippen LogP contribution in [0.15, 0.2) is 30.6 Å². The first kappa shape index (κ1) is 13.9. The number of benzene rings is 1. The molecule has 0 aliphatic carbocycles. The first-order valence-electron chi connectivity index (χ1n) is 6.30. The maximum Gasteiger partial charge on any atom is 0.310 e. The van der Waals surface area contributed by atoms with Gasteiger partial charge in [0, 0.05) is 23.8 Å². The highest BCUT2D eigenvalue weighted by Crippen LogP contribution is 2.33. The second-order valence-corrected chi connectivity index (χ2v) is 4.53. The largest absolute Gasteiger partial charge is 0.481 e. The van der Waals surface area contributed by atoms with E-state index >= 15 is 0 Å². The number of pyridine rings is 1. The summed E-state index contributed by atoms with van der Waals surface area (Å²) in [5.41, 5.74) is 0.542. The lowest BCUT2D eigenvalue weighted by Crippen LogP contribution is -2.12. The van der Waals surface area contributed by atoms with Gasteiger partial charge in [0.25, 0.3) is 5.69 Å². The van der Waals surface area contributed by atoms with Crippen LogP contribution in [0.2, 0.25) is 0 Å². The van der Waals surface area contributed by atoms with Gasteiger partial charge in [-0.2, -0.15) is 0 Å². The standard InChI is InChI=1S/C14H14N2O4/c1-2-3-11(14(17)18)9-4-5-13(16(19)20)10-6-7-15-8-12(9)10/h4-8,11H,2-3H2,1H3,(H,17,18). The third-order valence-corrected chi connectivity index (χ3v) is 3.28. The Morgan fingerprint density at radius 1 is 1.40 bits per heavy atom. The molecule has 2 aromatic rings. The van der Waals surface area contributed by atoms with Gasteiger partial charge in [0.05, 0.1) is 16.2 Å². The fourth-order valence-electron chi connectivity index (χ4n) is 2.36. The molecule has 1 aromatic heterocycles. The first-order chi connectivity index (χ1) is 9.56. The molecule has 1 unspecified atom stereocenters. The van der Waals surface area contributed by atoms with Crippen molar-refractivity contribution < 1.29 is 14.8 Å². The molecule has 0 fully saturated rings. The fourth-order valence-corrected chi connectivity index (χ4v) is 2.36. The zero-order valence-corrected chi connectivity index (χ0v) is 10.9. The van der Waals surface area contributed by atoms with Crippen molar-refractivity contribution in [2.24, 2.45) is 0 Å². The lowest BCUT2D eigenvalue weighted by molar-refractivity contribution is -0.383. The van der Waals surface area contributed by atoms with Gasteiger partial charge in [0.1, 0.15) is 0 Å². The van der Waals surface area contributed by atoms with Crippen molar-refractivity contribution in [1.29, 1.82) is 0 Å². The van der Waals surface area contributed by atoms with E-state index in [9.17, 15) is 20.0 Å². The Balaban J connectivity index is 2.69. The number of hydrogen-bond acceptors (Lipinski definition) is 4. The Labute approximate surface area is 115 Å². The molecule has 0 saturated heterocycles. The molecule has 1 N–H and O–H groups in total. The molecule has 20 heavy (non-hydrogen) atoms. The van der Waals surface area contributed by atoms with Crippen molar-refractivity contribution in [2.45, 2.75) is 25.7 Å². The number of carboxylic acid groups (broad SMARTS) is 1. The Hall–Kier alpha value is -2.50. The van der Waals surface area contributed by atoms with Crippen LogP contribution >= 0.6 is 0 Å². The average Bonchev–Trinajstić information content (AvgIpc) is 2.43. The quantitative estimate of drug-likeness (QED) is 0.667. The van der Waals surface area contributed by atoms with Crippen molar-refractivity contribution in [3.05, 3.63) is 46.3 Å². The van der Waals surface area contributed by atoms with E-state index in [2.05, 4.69) is 4.98 Å². The van der Waals surface area contributed by atoms with Gasteiger partial charge >= 0.3 is 5.97 Å². The highest BCUT2D eigenvalue weighted by atomic mass is 16.6. The van der Waals surface area contributed by atoms with E-state index in [-0.39, 0.29) is 5.69 Å². The Kier molecular flexibility index (Phi) is 3.93. The van der Waals surface area contributed by atoms with Crippen LogP contribution < -0.4 is 0 Å². The molecule has 1 aromatic carbocycles. The van der Waals surface area contributed by atoms with Gasteiger partial charge in [0.2, 0.25) is 0 Å². The maximum absolute atomic E-state index is 11.4. The van der Waals surface area contributed by atoms with Gasteiger partial charge in [-0.3, -0.25) is 19.9 Å². The molecule has 2 rings (SSSR count). The number of carboxylic acids is 1. The van der Waals surface area contributed by atoms with Crippen molar-refractivity contribution in [3.63, 3.8) is 0 Å². The summed E-state index contributed by atoms with van der Waals surface area (Å²) in [4.78, 5) is 25.9. The number of aliphatic carboxylic acids is 1. The second-order valence-electron chi connectivity index (χ2n) is 4.53. The van der Waals surface area contributed by atoms with E-state index in [1.807, 2.05) is 6.92 Å². The minimum absolute atomic E-state index is 0.0354. The van der Waals surface area contributed by atoms with Crippen LogP contribution in [0, 0.1) is 10.1 Å². The zero-order chi connectivity index (χ0) is 14.7. The number of carbonyl (C=O) groups is 1. The summed E-state index contributed by atoms with van der Waals surface area (Å²) in [6.45, 7) is 1.90. The Morgan fingerprint density at radius 2 is 2.15 bits per heavy atom. The summed E-state index contributed by atoms with van der Waals surface area (Å²) in [5.74, 6) is -1.60. The molecule has 0 aliphatic heterocycles. The highest BCUT2D eigenvalue weighted by Gasteiger charge is 2.24. The van der Waals surface area contributed by atoms with Crippen LogP contribution in [0.1, 0.15) is 31.2 Å². The summed E-state index contributed by atoms with van der Waals surface area (Å²) >= 11 is 0. The Morgan fingerprint density at radius 3 is 2.75 bits per heavy atom. The minimum Gasteiger partial charge on any atom is -0.481 e. The van der Waals surface area contributed by atoms with Crippen molar-refractivity contribution in [1.82, 2.24) is 4.98 Å². The van der Waals surface area contributed by atoms with Crippen LogP contribution in [-0.4, -0.2) is 21.0 Å². The number of nitro benzene ring substituents is 1. The minimum atomic E-state index is -0.925. The Bertz CT molecular complexity index is 669. The van der Waals surface area contributed by atoms with E-state index in [1.54, 1.807) is 6.07 Å². The molecule has 0 bridgehead atoms. The summed E-state index contributed by atoms with van der Waals surface area (Å²) in [7, 11) is 0. The lowest BCUT2D eigenvalue weighted by Gasteiger charge is -2.14. The third-order valence-electron chi connectivity index (χ3n) is 3.28. The first-order valence-corrected chi connectivity index (χ1v) is 6.30. The third kappa shape index (κ3) is 2.45. The number of nitrogens with zero attached hydrogens (tertiary/aromatic N) is 2. The number of rotatable bonds is 5. The predicted octanol–water partition coefficient (Wildman–Crippen LogP) is 3.11. The van der Waals surface area contributed by atoms with Gasteiger partial charge in [-0.15, -0.1) is 0 Å². The monoisotopic (exact) mass is 274 g/mol. The number of nitro groups is 1. The fraction of sp³-hybridized carbons (Fsp3) is 0.286. The molecule has 104 valence electrons. The topological polar surface area (TPSA) is 93.3 Å². The smallest absolute Gasteiger partial charge is 0.310 e. The van der Waals surface area contributed by atoms with Gasteiger partial charge in [-0.1, -0.05) is 19.4 Å². The van der Waals surface area contributed by atoms with E-state index in [4.69, 9.17) is 0 Å². The van der Waals surface area contributed by atoms with Crippen LogP contribution in [-0.2, 0) is 4.79 Å². The average molecular weight is 274 g/mol. The summed E-state index contributed by atoms with van der Waals surface area (Å²) in [5, 5.41) is 21.3. The summed E-state index contributed by atoms with van der Waals surface area (Å²) in [6, 6.07) is 4.43. The number of fused-ring (bicyclic) bond motifs is 1. The molecule has 0 radical (unpaired) electrons. The molecule has 0 aliphatic rings. The lowest BCUT2D eigenvalue weighted by atomic mass is 9.90. The van der Waals surface area contributed by atoms with E-state index in [0.717, 1.165) is 6.42 Å². The summed E-state index contributed by atoms with van der Waals surface area (Å²) < 4.78 is 0. The second kappa shape index (κ2) is 5.64. The number of aromatic nitrogens is 1. The van der Waals surface area contributed by atoms with Crippen LogP contribution in [0.3, 0.4) is 0 Å². The molecule has 6 heteroatoms. The van der Waals surface area contributed by atoms with Crippen molar-refractivity contribution >= 4 is 22.4 Å². The van der Waals surface area contributed by atoms with Crippen LogP contribution in [0.5, 0.6) is 0 Å². The van der Waals surface area contributed by atoms with Crippen LogP contribution in [0.25, 0.3) is 10.8 Å². The van der Waals surface area contributed by atoms with Gasteiger partial charge in [-0.05, 0) is 18.1 Å². The maximum atomic E-state index is 11.4. The van der Waals surface area contributed by atoms with Crippen molar-refractivity contribution in [3.8, 4) is 0 Å². The van der Waals surface area contributed by atoms with E-state index in [0.29, 0.717) is 22.8 Å². The van der Waals surface area contributed by atoms with Gasteiger partial charge < -0.3 is 5.11 Å². The molecular formula is C14H14N2O4. The molecule has 0 spiro atoms. The normalized spacial score (nSPS) is 12.2. The highest BCUT2D eigenvalue weighted by molar-refractivity contribution is 5.95. The summed E-state index contributed by atoms with van der Waals surface area (Å²) in [6.07, 6.45) is 4.16. The van der Waals surface area contributed by atoms with Crippen LogP contribution in [0.4, 0.5) is 5.69 Å². The number of hydrogen-bond donors (Lipinski definition) is 1. The zero-order valence-electron chi connectivity index (χ0n) is 10.9. The molecule has 6 nitrogen and oxygen atoms in total. The molecule has 0 amide bonds. The SMILES string of the molecule is CCCC(C(=O)O)c1ccc([N+](=O)[O-])c2ccncc12. The molecule has 0 saturated carbocycles. The molecule has 1 heterocycles.